The van der Waals surface area contributed by atoms with E-state index >= 15 is 4.39 Å². The second-order valence-corrected chi connectivity index (χ2v) is 19.0. The number of amides is 6. The van der Waals surface area contributed by atoms with Gasteiger partial charge in [0.25, 0.3) is 11.8 Å². The molecule has 1 saturated carbocycles. The monoisotopic (exact) mass is 895 g/mol. The second-order valence-electron chi connectivity index (χ2n) is 15.5. The Bertz CT molecular complexity index is 2030. The molecule has 3 N–H and O–H groups in total. The summed E-state index contributed by atoms with van der Waals surface area (Å²) in [7, 11) is 0.133. The van der Waals surface area contributed by atoms with Crippen LogP contribution in [-0.4, -0.2) is 119 Å². The quantitative estimate of drug-likeness (QED) is 0.0666. The highest BCUT2D eigenvalue weighted by Crippen LogP contribution is 2.41. The number of hydrogen-bond donors (Lipinski definition) is 3. The van der Waals surface area contributed by atoms with E-state index in [-0.39, 0.29) is 66.0 Å². The van der Waals surface area contributed by atoms with Gasteiger partial charge in [0.05, 0.1) is 24.3 Å². The molecule has 0 bridgehead atoms. The standard InChI is InChI=1S/C45H56F2N6O7S2/c1-62(2)25-23-60-45(59)50-19-9-22-52(43(58)31-61-24-18-39(54)48-20-21-49-40(55)30-53-41(56)16-17-42(53)57)44(33-12-7-4-8-13-33)38-26-34(36-27-35(46)14-15-37(36)47)29-51(38)28-32-10-5-3-6-11-32/h3,5-6,10-11,14-17,26-27,29,33,44H,4,7-9,12-13,18-25,28,30-31H2,1-2H3,(H2-,48,49,50,54,55,59)/p+1/t44-/m1/s1. The molecule has 2 heterocycles. The lowest BCUT2D eigenvalue weighted by Gasteiger charge is -2.40. The number of halogens is 2. The molecule has 1 aromatic heterocycles. The van der Waals surface area contributed by atoms with Crippen LogP contribution in [0.3, 0.4) is 0 Å². The van der Waals surface area contributed by atoms with E-state index in [0.717, 1.165) is 78.3 Å². The van der Waals surface area contributed by atoms with Crippen molar-refractivity contribution >= 4 is 58.3 Å². The van der Waals surface area contributed by atoms with E-state index in [4.69, 9.17) is 4.74 Å². The maximum atomic E-state index is 15.3. The number of rotatable bonds is 23. The van der Waals surface area contributed by atoms with Gasteiger partial charge in [0, 0.05) is 80.1 Å². The Balaban J connectivity index is 1.30. The molecule has 334 valence electrons. The third-order valence-corrected chi connectivity index (χ3v) is 12.6. The van der Waals surface area contributed by atoms with Gasteiger partial charge in [-0.15, -0.1) is 0 Å². The largest absolute Gasteiger partial charge is 0.445 e. The van der Waals surface area contributed by atoms with Crippen molar-refractivity contribution in [2.45, 2.75) is 57.5 Å². The van der Waals surface area contributed by atoms with Crippen LogP contribution in [-0.2, 0) is 46.1 Å². The summed E-state index contributed by atoms with van der Waals surface area (Å²) in [6, 6.07) is 14.7. The Labute approximate surface area is 369 Å². The lowest BCUT2D eigenvalue weighted by molar-refractivity contribution is -0.141. The van der Waals surface area contributed by atoms with Gasteiger partial charge in [-0.1, -0.05) is 49.6 Å². The van der Waals surface area contributed by atoms with Gasteiger partial charge in [-0.05, 0) is 65.9 Å². The van der Waals surface area contributed by atoms with Crippen molar-refractivity contribution in [3.8, 4) is 11.1 Å². The Kier molecular flexibility index (Phi) is 18.9. The number of imide groups is 1. The number of benzene rings is 2. The highest BCUT2D eigenvalue weighted by Gasteiger charge is 2.35. The van der Waals surface area contributed by atoms with Crippen LogP contribution < -0.4 is 16.0 Å². The van der Waals surface area contributed by atoms with Crippen molar-refractivity contribution < 1.29 is 42.3 Å². The average molecular weight is 896 g/mol. The molecule has 1 aliphatic carbocycles. The van der Waals surface area contributed by atoms with Crippen molar-refractivity contribution in [3.05, 3.63) is 95.8 Å². The summed E-state index contributed by atoms with van der Waals surface area (Å²) < 4.78 is 37.3. The fourth-order valence-electron chi connectivity index (χ4n) is 7.56. The van der Waals surface area contributed by atoms with Gasteiger partial charge in [-0.3, -0.25) is 28.9 Å². The molecule has 17 heteroatoms. The van der Waals surface area contributed by atoms with Gasteiger partial charge in [0.1, 0.15) is 30.5 Å². The third kappa shape index (κ3) is 14.7. The maximum Gasteiger partial charge on any atom is 0.407 e. The number of hydrogen-bond acceptors (Lipinski definition) is 8. The van der Waals surface area contributed by atoms with Crippen LogP contribution >= 0.6 is 11.8 Å². The number of nitrogens with zero attached hydrogens (tertiary/aromatic N) is 3. The minimum atomic E-state index is -0.559. The first-order chi connectivity index (χ1) is 29.9. The fourth-order valence-corrected chi connectivity index (χ4v) is 8.79. The maximum absolute atomic E-state index is 15.3. The first-order valence-electron chi connectivity index (χ1n) is 21.0. The molecule has 62 heavy (non-hydrogen) atoms. The van der Waals surface area contributed by atoms with Crippen LogP contribution in [0.2, 0.25) is 0 Å². The van der Waals surface area contributed by atoms with Crippen molar-refractivity contribution in [1.82, 2.24) is 30.3 Å². The Morgan fingerprint density at radius 3 is 2.32 bits per heavy atom. The minimum Gasteiger partial charge on any atom is -0.445 e. The molecule has 13 nitrogen and oxygen atoms in total. The highest BCUT2D eigenvalue weighted by atomic mass is 32.2. The highest BCUT2D eigenvalue weighted by molar-refractivity contribution is 7.99. The van der Waals surface area contributed by atoms with Gasteiger partial charge in [-0.25, -0.2) is 13.6 Å². The third-order valence-electron chi connectivity index (χ3n) is 10.7. The predicted octanol–water partition coefficient (Wildman–Crippen LogP) is 5.21. The van der Waals surface area contributed by atoms with E-state index in [0.29, 0.717) is 37.4 Å². The molecular weight excluding hydrogens is 839 g/mol. The number of aromatic nitrogens is 1. The predicted molar refractivity (Wildman–Crippen MR) is 238 cm³/mol. The number of ether oxygens (including phenoxy) is 1. The van der Waals surface area contributed by atoms with E-state index < -0.39 is 48.0 Å². The SMILES string of the molecule is C[S+](C)CCOC(=O)NCCCN(C(=O)CSCCC(=O)NCCNC(=O)CN1C(=O)C=CC1=O)[C@@H](c1cc(-c2cc(F)ccc2F)cn1Cc1ccccc1)C1CCCCC1. The summed E-state index contributed by atoms with van der Waals surface area (Å²) in [6.07, 6.45) is 13.0. The van der Waals surface area contributed by atoms with Crippen molar-refractivity contribution in [3.63, 3.8) is 0 Å². The van der Waals surface area contributed by atoms with E-state index in [2.05, 4.69) is 28.5 Å². The summed E-state index contributed by atoms with van der Waals surface area (Å²) in [6.45, 7) is 1.15. The van der Waals surface area contributed by atoms with E-state index in [9.17, 15) is 33.2 Å². The van der Waals surface area contributed by atoms with Crippen LogP contribution in [0.25, 0.3) is 11.1 Å². The molecule has 1 fully saturated rings. The molecule has 0 unspecified atom stereocenters. The van der Waals surface area contributed by atoms with Crippen LogP contribution in [0.15, 0.2) is 72.9 Å². The number of thioether (sulfide) groups is 1. The number of carbonyl (C=O) groups is 6. The summed E-state index contributed by atoms with van der Waals surface area (Å²) in [5.41, 5.74) is 2.44. The molecule has 1 aliphatic heterocycles. The lowest BCUT2D eigenvalue weighted by Crippen LogP contribution is -2.43. The molecule has 1 atom stereocenters. The Hall–Kier alpha value is -5.16. The van der Waals surface area contributed by atoms with Gasteiger partial charge in [-0.2, -0.15) is 11.8 Å². The molecule has 6 amide bonds. The van der Waals surface area contributed by atoms with Gasteiger partial charge in [0.15, 0.2) is 0 Å². The fraction of sp³-hybridized carbons (Fsp3) is 0.467. The van der Waals surface area contributed by atoms with Crippen LogP contribution in [0.4, 0.5) is 13.6 Å². The van der Waals surface area contributed by atoms with Crippen LogP contribution in [0, 0.1) is 17.6 Å². The lowest BCUT2D eigenvalue weighted by atomic mass is 9.81. The van der Waals surface area contributed by atoms with Gasteiger partial charge >= 0.3 is 6.09 Å². The summed E-state index contributed by atoms with van der Waals surface area (Å²) >= 11 is 1.32. The van der Waals surface area contributed by atoms with E-state index in [1.807, 2.05) is 52.1 Å². The first kappa shape index (κ1) is 47.9. The van der Waals surface area contributed by atoms with E-state index in [1.54, 1.807) is 0 Å². The zero-order valence-corrected chi connectivity index (χ0v) is 37.0. The van der Waals surface area contributed by atoms with Crippen LogP contribution in [0.1, 0.15) is 62.2 Å². The smallest absolute Gasteiger partial charge is 0.407 e. The molecule has 2 aromatic carbocycles. The molecule has 0 radical (unpaired) electrons. The van der Waals surface area contributed by atoms with Crippen molar-refractivity contribution in [2.24, 2.45) is 5.92 Å². The molecule has 0 saturated heterocycles. The van der Waals surface area contributed by atoms with Crippen molar-refractivity contribution in [2.75, 3.05) is 69.1 Å². The topological polar surface area (TPSA) is 159 Å². The van der Waals surface area contributed by atoms with Crippen LogP contribution in [0.5, 0.6) is 0 Å². The second kappa shape index (κ2) is 24.5. The zero-order valence-electron chi connectivity index (χ0n) is 35.4. The number of nitrogens with one attached hydrogen (secondary N) is 3. The van der Waals surface area contributed by atoms with Gasteiger partial charge in [0.2, 0.25) is 17.7 Å². The number of carbonyl (C=O) groups excluding carboxylic acids is 6. The molecule has 5 rings (SSSR count). The van der Waals surface area contributed by atoms with Crippen molar-refractivity contribution in [1.29, 1.82) is 0 Å². The molecule has 3 aromatic rings. The average Bonchev–Trinajstić information content (AvgIpc) is 3.81. The van der Waals surface area contributed by atoms with Gasteiger partial charge < -0.3 is 30.2 Å². The zero-order chi connectivity index (χ0) is 44.4. The normalized spacial score (nSPS) is 14.6. The number of alkyl carbamates (subject to hydrolysis) is 1. The first-order valence-corrected chi connectivity index (χ1v) is 24.3. The molecule has 2 aliphatic rings. The minimum absolute atomic E-state index is 0.0707. The molecule has 0 spiro atoms. The summed E-state index contributed by atoms with van der Waals surface area (Å²) in [4.78, 5) is 78.0. The molecular formula is C45H57F2N6O7S2+. The Morgan fingerprint density at radius 1 is 0.903 bits per heavy atom. The van der Waals surface area contributed by atoms with E-state index in [1.165, 1.54) is 17.8 Å². The Morgan fingerprint density at radius 2 is 1.61 bits per heavy atom. The summed E-state index contributed by atoms with van der Waals surface area (Å²) in [5.74, 6) is -1.92. The summed E-state index contributed by atoms with van der Waals surface area (Å²) in [5, 5.41) is 8.13.